The van der Waals surface area contributed by atoms with E-state index in [1.54, 1.807) is 4.90 Å². The van der Waals surface area contributed by atoms with Crippen LogP contribution >= 0.6 is 11.6 Å². The van der Waals surface area contributed by atoms with Crippen LogP contribution in [0.2, 0.25) is 5.02 Å². The summed E-state index contributed by atoms with van der Waals surface area (Å²) in [6.45, 7) is 0.707. The number of fused-ring (bicyclic) bond motifs is 1. The van der Waals surface area contributed by atoms with E-state index in [-0.39, 0.29) is 44.8 Å². The van der Waals surface area contributed by atoms with E-state index in [1.807, 2.05) is 0 Å². The van der Waals surface area contributed by atoms with Gasteiger partial charge >= 0.3 is 5.97 Å². The molecule has 1 fully saturated rings. The number of aromatic carboxylic acids is 1. The molecule has 2 heterocycles. The van der Waals surface area contributed by atoms with Crippen LogP contribution in [0.25, 0.3) is 16.6 Å². The first-order valence-electron chi connectivity index (χ1n) is 9.08. The lowest BCUT2D eigenvalue weighted by Gasteiger charge is -2.39. The van der Waals surface area contributed by atoms with Crippen molar-refractivity contribution in [2.75, 3.05) is 30.8 Å². The minimum Gasteiger partial charge on any atom is -0.494 e. The number of hydrogen-bond acceptors (Lipinski definition) is 6. The van der Waals surface area contributed by atoms with Crippen LogP contribution in [-0.2, 0) is 0 Å². The number of carboxylic acids is 1. The van der Waals surface area contributed by atoms with Gasteiger partial charge in [-0.3, -0.25) is 4.79 Å². The van der Waals surface area contributed by atoms with Gasteiger partial charge in [-0.15, -0.1) is 0 Å². The summed E-state index contributed by atoms with van der Waals surface area (Å²) in [6.07, 6.45) is 1.03. The van der Waals surface area contributed by atoms with Crippen LogP contribution in [0.15, 0.2) is 29.2 Å². The molecule has 1 aliphatic rings. The van der Waals surface area contributed by atoms with Crippen LogP contribution < -0.4 is 26.5 Å². The first-order valence-corrected chi connectivity index (χ1v) is 9.46. The molecular weight excluding hydrogens is 434 g/mol. The number of nitrogens with zero attached hydrogens (tertiary/aromatic N) is 2. The zero-order chi connectivity index (χ0) is 22.6. The van der Waals surface area contributed by atoms with Gasteiger partial charge in [-0.1, -0.05) is 11.6 Å². The standard InChI is InChI=1S/C20H17ClF2N4O4/c1-31-15-3-11(22)13(25)4-14(15)27-7-10(20(29)30)19(28)9-2-12(23)18(16(21)17(9)27)26-5-8(24)6-26/h2-4,7-8H,5-6,24-25H2,1H3,(H,29,30). The Balaban J connectivity index is 2.15. The average Bonchev–Trinajstić information content (AvgIpc) is 2.68. The van der Waals surface area contributed by atoms with Gasteiger partial charge in [-0.2, -0.15) is 0 Å². The Labute approximate surface area is 179 Å². The van der Waals surface area contributed by atoms with E-state index < -0.39 is 28.6 Å². The summed E-state index contributed by atoms with van der Waals surface area (Å²) in [5.41, 5.74) is 9.88. The second-order valence-electron chi connectivity index (χ2n) is 7.17. The highest BCUT2D eigenvalue weighted by Gasteiger charge is 2.30. The van der Waals surface area contributed by atoms with E-state index in [0.29, 0.717) is 13.1 Å². The lowest BCUT2D eigenvalue weighted by Crippen LogP contribution is -2.56. The normalized spacial score (nSPS) is 14.0. The molecule has 1 aliphatic heterocycles. The second-order valence-corrected chi connectivity index (χ2v) is 7.55. The maximum atomic E-state index is 14.9. The van der Waals surface area contributed by atoms with Crippen LogP contribution in [0.3, 0.4) is 0 Å². The molecule has 2 aromatic carbocycles. The molecule has 1 saturated heterocycles. The van der Waals surface area contributed by atoms with E-state index in [0.717, 1.165) is 18.3 Å². The van der Waals surface area contributed by atoms with Gasteiger partial charge in [-0.05, 0) is 12.1 Å². The number of benzene rings is 2. The Morgan fingerprint density at radius 3 is 2.52 bits per heavy atom. The van der Waals surface area contributed by atoms with E-state index >= 15 is 0 Å². The van der Waals surface area contributed by atoms with Gasteiger partial charge in [0.15, 0.2) is 0 Å². The molecular formula is C20H17ClF2N4O4. The molecule has 1 aromatic heterocycles. The number of nitrogen functional groups attached to an aromatic ring is 1. The Morgan fingerprint density at radius 1 is 1.26 bits per heavy atom. The number of carboxylic acid groups (broad SMARTS) is 1. The number of pyridine rings is 1. The summed E-state index contributed by atoms with van der Waals surface area (Å²) in [7, 11) is 1.28. The third-order valence-corrected chi connectivity index (χ3v) is 5.53. The molecule has 0 saturated carbocycles. The number of anilines is 2. The molecule has 0 unspecified atom stereocenters. The monoisotopic (exact) mass is 450 g/mol. The number of nitrogens with two attached hydrogens (primary N) is 2. The first-order chi connectivity index (χ1) is 14.6. The number of methoxy groups -OCH3 is 1. The van der Waals surface area contributed by atoms with Crippen molar-refractivity contribution in [1.82, 2.24) is 4.57 Å². The zero-order valence-corrected chi connectivity index (χ0v) is 16.9. The minimum absolute atomic E-state index is 0.000835. The third kappa shape index (κ3) is 3.24. The Kier molecular flexibility index (Phi) is 4.98. The molecule has 4 rings (SSSR count). The summed E-state index contributed by atoms with van der Waals surface area (Å²) >= 11 is 6.55. The predicted octanol–water partition coefficient (Wildman–Crippen LogP) is 2.36. The van der Waals surface area contributed by atoms with Crippen molar-refractivity contribution in [3.8, 4) is 11.4 Å². The highest BCUT2D eigenvalue weighted by atomic mass is 35.5. The molecule has 8 nitrogen and oxygen atoms in total. The number of carbonyl (C=O) groups is 1. The molecule has 0 amide bonds. The van der Waals surface area contributed by atoms with Crippen molar-refractivity contribution in [2.45, 2.75) is 6.04 Å². The molecule has 0 aliphatic carbocycles. The minimum atomic E-state index is -1.52. The smallest absolute Gasteiger partial charge is 0.341 e. The summed E-state index contributed by atoms with van der Waals surface area (Å²) < 4.78 is 35.4. The number of aromatic nitrogens is 1. The molecule has 31 heavy (non-hydrogen) atoms. The predicted molar refractivity (Wildman–Crippen MR) is 113 cm³/mol. The van der Waals surface area contributed by atoms with Gasteiger partial charge in [0, 0.05) is 31.4 Å². The quantitative estimate of drug-likeness (QED) is 0.521. The lowest BCUT2D eigenvalue weighted by atomic mass is 10.0. The van der Waals surface area contributed by atoms with E-state index in [2.05, 4.69) is 0 Å². The first kappa shape index (κ1) is 20.9. The Bertz CT molecular complexity index is 1310. The van der Waals surface area contributed by atoms with Gasteiger partial charge in [0.25, 0.3) is 0 Å². The maximum Gasteiger partial charge on any atom is 0.341 e. The van der Waals surface area contributed by atoms with Crippen LogP contribution in [0.1, 0.15) is 10.4 Å². The summed E-state index contributed by atoms with van der Waals surface area (Å²) in [4.78, 5) is 26.1. The number of rotatable bonds is 4. The molecule has 0 spiro atoms. The zero-order valence-electron chi connectivity index (χ0n) is 16.2. The summed E-state index contributed by atoms with van der Waals surface area (Å²) in [6, 6.07) is 3.01. The van der Waals surface area contributed by atoms with Crippen LogP contribution in [-0.4, -0.2) is 41.9 Å². The Morgan fingerprint density at radius 2 is 1.94 bits per heavy atom. The molecule has 11 heteroatoms. The molecule has 3 aromatic rings. The number of hydrogen-bond donors (Lipinski definition) is 3. The third-order valence-electron chi connectivity index (χ3n) is 5.17. The van der Waals surface area contributed by atoms with E-state index in [1.165, 1.54) is 17.7 Å². The summed E-state index contributed by atoms with van der Waals surface area (Å²) in [5, 5.41) is 9.11. The van der Waals surface area contributed by atoms with Gasteiger partial charge in [-0.25, -0.2) is 13.6 Å². The molecule has 0 radical (unpaired) electrons. The second kappa shape index (κ2) is 7.40. The van der Waals surface area contributed by atoms with Gasteiger partial charge in [0.2, 0.25) is 5.43 Å². The number of halogens is 3. The van der Waals surface area contributed by atoms with Crippen molar-refractivity contribution in [2.24, 2.45) is 5.73 Å². The van der Waals surface area contributed by atoms with E-state index in [4.69, 9.17) is 27.8 Å². The number of ether oxygens (including phenoxy) is 1. The molecule has 162 valence electrons. The SMILES string of the molecule is COc1cc(F)c(N)cc1-n1cc(C(=O)O)c(=O)c2cc(F)c(N3CC(N)C3)c(Cl)c21. The molecule has 0 bridgehead atoms. The van der Waals surface area contributed by atoms with Crippen molar-refractivity contribution in [3.05, 3.63) is 56.8 Å². The van der Waals surface area contributed by atoms with E-state index in [9.17, 15) is 23.5 Å². The fourth-order valence-corrected chi connectivity index (χ4v) is 4.05. The van der Waals surface area contributed by atoms with Crippen LogP contribution in [0.4, 0.5) is 20.2 Å². The molecule has 5 N–H and O–H groups in total. The highest BCUT2D eigenvalue weighted by molar-refractivity contribution is 6.38. The van der Waals surface area contributed by atoms with Gasteiger partial charge in [0.05, 0.1) is 40.1 Å². The summed E-state index contributed by atoms with van der Waals surface area (Å²) in [5.74, 6) is -3.07. The lowest BCUT2D eigenvalue weighted by molar-refractivity contribution is 0.0695. The van der Waals surface area contributed by atoms with Crippen LogP contribution in [0.5, 0.6) is 5.75 Å². The van der Waals surface area contributed by atoms with Crippen molar-refractivity contribution in [1.29, 1.82) is 0 Å². The molecule has 0 atom stereocenters. The maximum absolute atomic E-state index is 14.9. The van der Waals surface area contributed by atoms with Crippen molar-refractivity contribution in [3.63, 3.8) is 0 Å². The fourth-order valence-electron chi connectivity index (χ4n) is 3.64. The largest absolute Gasteiger partial charge is 0.494 e. The van der Waals surface area contributed by atoms with Gasteiger partial charge < -0.3 is 30.8 Å². The van der Waals surface area contributed by atoms with Crippen LogP contribution in [0, 0.1) is 11.6 Å². The average molecular weight is 451 g/mol. The van der Waals surface area contributed by atoms with Crippen molar-refractivity contribution < 1.29 is 23.4 Å². The van der Waals surface area contributed by atoms with Crippen molar-refractivity contribution >= 4 is 39.8 Å². The topological polar surface area (TPSA) is 124 Å². The Hall–Kier alpha value is -3.37. The fraction of sp³-hybridized carbons (Fsp3) is 0.200. The highest BCUT2D eigenvalue weighted by Crippen LogP contribution is 2.39. The van der Waals surface area contributed by atoms with Gasteiger partial charge in [0.1, 0.15) is 22.9 Å².